The third-order valence-corrected chi connectivity index (χ3v) is 3.99. The summed E-state index contributed by atoms with van der Waals surface area (Å²) < 4.78 is 0. The first-order chi connectivity index (χ1) is 8.99. The van der Waals surface area contributed by atoms with Gasteiger partial charge in [0.25, 0.3) is 0 Å². The van der Waals surface area contributed by atoms with Gasteiger partial charge in [0.2, 0.25) is 0 Å². The van der Waals surface area contributed by atoms with E-state index in [-0.39, 0.29) is 0 Å². The molecule has 0 bridgehead atoms. The lowest BCUT2D eigenvalue weighted by molar-refractivity contribution is -0.143. The molecule has 1 saturated heterocycles. The lowest BCUT2D eigenvalue weighted by Crippen LogP contribution is -2.55. The van der Waals surface area contributed by atoms with Gasteiger partial charge in [0, 0.05) is 12.2 Å². The van der Waals surface area contributed by atoms with E-state index in [2.05, 4.69) is 6.07 Å². The van der Waals surface area contributed by atoms with Crippen LogP contribution < -0.4 is 4.90 Å². The topological polar surface area (TPSA) is 64.3 Å². The first-order valence-corrected chi connectivity index (χ1v) is 6.51. The summed E-state index contributed by atoms with van der Waals surface area (Å²) in [5.74, 6) is -0.783. The van der Waals surface area contributed by atoms with E-state index < -0.39 is 11.5 Å². The largest absolute Gasteiger partial charge is 0.480 e. The Kier molecular flexibility index (Phi) is 3.48. The highest BCUT2D eigenvalue weighted by Crippen LogP contribution is 2.33. The summed E-state index contributed by atoms with van der Waals surface area (Å²) in [6, 6.07) is 7.65. The van der Waals surface area contributed by atoms with Crippen LogP contribution in [0.25, 0.3) is 0 Å². The van der Waals surface area contributed by atoms with Crippen molar-refractivity contribution in [3.8, 4) is 6.07 Å². The van der Waals surface area contributed by atoms with E-state index in [0.29, 0.717) is 12.0 Å². The number of nitriles is 1. The lowest BCUT2D eigenvalue weighted by Gasteiger charge is -2.43. The second-order valence-corrected chi connectivity index (χ2v) is 5.30. The number of benzene rings is 1. The molecule has 1 heterocycles. The molecule has 1 aromatic carbocycles. The molecule has 100 valence electrons. The lowest BCUT2D eigenvalue weighted by atomic mass is 9.87. The molecule has 0 aromatic heterocycles. The summed E-state index contributed by atoms with van der Waals surface area (Å²) in [6.45, 7) is 4.40. The van der Waals surface area contributed by atoms with Gasteiger partial charge in [0.05, 0.1) is 11.6 Å². The van der Waals surface area contributed by atoms with E-state index in [9.17, 15) is 9.90 Å². The fraction of sp³-hybridized carbons (Fsp3) is 0.467. The molecule has 0 spiro atoms. The molecule has 1 fully saturated rings. The van der Waals surface area contributed by atoms with Crippen LogP contribution in [-0.2, 0) is 4.79 Å². The predicted octanol–water partition coefficient (Wildman–Crippen LogP) is 2.70. The first kappa shape index (κ1) is 13.4. The third kappa shape index (κ3) is 2.28. The van der Waals surface area contributed by atoms with Crippen LogP contribution in [0, 0.1) is 18.3 Å². The van der Waals surface area contributed by atoms with Crippen molar-refractivity contribution in [3.05, 3.63) is 29.3 Å². The summed E-state index contributed by atoms with van der Waals surface area (Å²) in [7, 11) is 0. The monoisotopic (exact) mass is 258 g/mol. The van der Waals surface area contributed by atoms with Gasteiger partial charge in [-0.3, -0.25) is 0 Å². The molecule has 1 N–H and O–H groups in total. The summed E-state index contributed by atoms with van der Waals surface area (Å²) in [4.78, 5) is 13.5. The molecule has 0 saturated carbocycles. The van der Waals surface area contributed by atoms with Gasteiger partial charge in [-0.1, -0.05) is 0 Å². The van der Waals surface area contributed by atoms with Crippen LogP contribution in [0.3, 0.4) is 0 Å². The van der Waals surface area contributed by atoms with Crippen LogP contribution in [0.15, 0.2) is 18.2 Å². The van der Waals surface area contributed by atoms with E-state index in [0.717, 1.165) is 30.6 Å². The van der Waals surface area contributed by atoms with E-state index in [1.165, 1.54) is 0 Å². The maximum Gasteiger partial charge on any atom is 0.329 e. The smallest absolute Gasteiger partial charge is 0.329 e. The quantitative estimate of drug-likeness (QED) is 0.885. The Morgan fingerprint density at radius 3 is 2.79 bits per heavy atom. The average molecular weight is 258 g/mol. The van der Waals surface area contributed by atoms with Crippen molar-refractivity contribution in [2.45, 2.75) is 38.6 Å². The summed E-state index contributed by atoms with van der Waals surface area (Å²) in [5.41, 5.74) is 1.57. The Morgan fingerprint density at radius 1 is 1.47 bits per heavy atom. The molecule has 0 amide bonds. The zero-order valence-corrected chi connectivity index (χ0v) is 11.3. The minimum Gasteiger partial charge on any atom is -0.480 e. The number of anilines is 1. The summed E-state index contributed by atoms with van der Waals surface area (Å²) >= 11 is 0. The number of hydrogen-bond donors (Lipinski definition) is 1. The Labute approximate surface area is 113 Å². The van der Waals surface area contributed by atoms with Crippen LogP contribution in [-0.4, -0.2) is 23.2 Å². The average Bonchev–Trinajstić information content (AvgIpc) is 2.39. The standard InChI is InChI=1S/C15H18N2O2/c1-11-9-13(6-5-12(11)10-16)17-8-4-3-7-15(17,2)14(18)19/h5-6,9H,3-4,7-8H2,1-2H3,(H,18,19). The van der Waals surface area contributed by atoms with Crippen LogP contribution >= 0.6 is 0 Å². The summed E-state index contributed by atoms with van der Waals surface area (Å²) in [5, 5.41) is 18.5. The molecule has 0 aliphatic carbocycles. The second kappa shape index (κ2) is 4.93. The Balaban J connectivity index is 2.41. The van der Waals surface area contributed by atoms with Crippen molar-refractivity contribution in [2.24, 2.45) is 0 Å². The van der Waals surface area contributed by atoms with Gasteiger partial charge in [-0.15, -0.1) is 0 Å². The highest BCUT2D eigenvalue weighted by molar-refractivity contribution is 5.83. The second-order valence-electron chi connectivity index (χ2n) is 5.30. The Bertz CT molecular complexity index is 548. The molecule has 1 aromatic rings. The zero-order valence-electron chi connectivity index (χ0n) is 11.3. The van der Waals surface area contributed by atoms with Gasteiger partial charge in [0.1, 0.15) is 5.54 Å². The highest BCUT2D eigenvalue weighted by atomic mass is 16.4. The number of hydrogen-bond acceptors (Lipinski definition) is 3. The number of aliphatic carboxylic acids is 1. The predicted molar refractivity (Wildman–Crippen MR) is 73.1 cm³/mol. The number of aryl methyl sites for hydroxylation is 1. The number of carboxylic acid groups (broad SMARTS) is 1. The van der Waals surface area contributed by atoms with Crippen LogP contribution in [0.5, 0.6) is 0 Å². The SMILES string of the molecule is Cc1cc(N2CCCCC2(C)C(=O)O)ccc1C#N. The van der Waals surface area contributed by atoms with Crippen LogP contribution in [0.2, 0.25) is 0 Å². The van der Waals surface area contributed by atoms with Gasteiger partial charge in [-0.05, 0) is 56.9 Å². The minimum absolute atomic E-state index is 0.637. The molecule has 4 heteroatoms. The number of piperidine rings is 1. The molecule has 2 rings (SSSR count). The molecule has 1 unspecified atom stereocenters. The molecule has 0 radical (unpaired) electrons. The van der Waals surface area contributed by atoms with Crippen LogP contribution in [0.4, 0.5) is 5.69 Å². The molecule has 1 aliphatic heterocycles. The van der Waals surface area contributed by atoms with Gasteiger partial charge in [-0.25, -0.2) is 4.79 Å². The third-order valence-electron chi connectivity index (χ3n) is 3.99. The maximum atomic E-state index is 11.6. The molecule has 19 heavy (non-hydrogen) atoms. The van der Waals surface area contributed by atoms with Crippen molar-refractivity contribution in [3.63, 3.8) is 0 Å². The molecule has 4 nitrogen and oxygen atoms in total. The van der Waals surface area contributed by atoms with Crippen molar-refractivity contribution in [1.29, 1.82) is 5.26 Å². The molecule has 1 atom stereocenters. The number of carbonyl (C=O) groups is 1. The number of rotatable bonds is 2. The minimum atomic E-state index is -0.848. The van der Waals surface area contributed by atoms with E-state index in [4.69, 9.17) is 5.26 Å². The van der Waals surface area contributed by atoms with Gasteiger partial charge >= 0.3 is 5.97 Å². The van der Waals surface area contributed by atoms with E-state index in [1.807, 2.05) is 24.0 Å². The Morgan fingerprint density at radius 2 is 2.21 bits per heavy atom. The Hall–Kier alpha value is -2.02. The number of carboxylic acids is 1. The fourth-order valence-electron chi connectivity index (χ4n) is 2.70. The van der Waals surface area contributed by atoms with Crippen molar-refractivity contribution in [1.82, 2.24) is 0 Å². The molecular formula is C15H18N2O2. The van der Waals surface area contributed by atoms with E-state index in [1.54, 1.807) is 13.0 Å². The number of nitrogens with zero attached hydrogens (tertiary/aromatic N) is 2. The van der Waals surface area contributed by atoms with Crippen molar-refractivity contribution in [2.75, 3.05) is 11.4 Å². The molecule has 1 aliphatic rings. The highest BCUT2D eigenvalue weighted by Gasteiger charge is 2.41. The van der Waals surface area contributed by atoms with Crippen molar-refractivity contribution >= 4 is 11.7 Å². The van der Waals surface area contributed by atoms with Gasteiger partial charge in [0.15, 0.2) is 0 Å². The first-order valence-electron chi connectivity index (χ1n) is 6.51. The molecular weight excluding hydrogens is 240 g/mol. The van der Waals surface area contributed by atoms with Gasteiger partial charge < -0.3 is 10.0 Å². The van der Waals surface area contributed by atoms with E-state index >= 15 is 0 Å². The van der Waals surface area contributed by atoms with Crippen molar-refractivity contribution < 1.29 is 9.90 Å². The normalized spacial score (nSPS) is 22.9. The van der Waals surface area contributed by atoms with Gasteiger partial charge in [-0.2, -0.15) is 5.26 Å². The fourth-order valence-corrected chi connectivity index (χ4v) is 2.70. The van der Waals surface area contributed by atoms with Crippen LogP contribution in [0.1, 0.15) is 37.3 Å². The maximum absolute atomic E-state index is 11.6. The summed E-state index contributed by atoms with van der Waals surface area (Å²) in [6.07, 6.45) is 2.60. The zero-order chi connectivity index (χ0) is 14.0.